The van der Waals surface area contributed by atoms with Gasteiger partial charge in [0.05, 0.1) is 0 Å². The molecular formula is C55H96O6. The van der Waals surface area contributed by atoms with Gasteiger partial charge in [0.2, 0.25) is 0 Å². The van der Waals surface area contributed by atoms with Gasteiger partial charge in [-0.25, -0.2) is 0 Å². The van der Waals surface area contributed by atoms with Crippen molar-refractivity contribution >= 4 is 17.9 Å². The van der Waals surface area contributed by atoms with E-state index in [-0.39, 0.29) is 37.5 Å². The van der Waals surface area contributed by atoms with Crippen LogP contribution in [0.1, 0.15) is 252 Å². The monoisotopic (exact) mass is 853 g/mol. The van der Waals surface area contributed by atoms with Crippen LogP contribution in [0.4, 0.5) is 0 Å². The van der Waals surface area contributed by atoms with Crippen molar-refractivity contribution in [2.45, 2.75) is 258 Å². The fraction of sp³-hybridized carbons (Fsp3) is 0.764. The predicted octanol–water partition coefficient (Wildman–Crippen LogP) is 16.9. The zero-order valence-electron chi connectivity index (χ0n) is 40.2. The Balaban J connectivity index is 4.45. The SMILES string of the molecule is CC/C=C\C/C=C\C/C=C\C/C=C\CCC(=O)OCC(COC(=O)CCCCCCC/C=C\CCCCCCCCC)OC(=O)CCCCCCCCCCCCCCCC. The molecule has 0 aromatic carbocycles. The molecule has 6 heteroatoms. The summed E-state index contributed by atoms with van der Waals surface area (Å²) in [6.45, 7) is 6.46. The van der Waals surface area contributed by atoms with Gasteiger partial charge in [-0.2, -0.15) is 0 Å². The second-order valence-corrected chi connectivity index (χ2v) is 17.1. The smallest absolute Gasteiger partial charge is 0.306 e. The molecule has 0 fully saturated rings. The summed E-state index contributed by atoms with van der Waals surface area (Å²) in [4.78, 5) is 37.9. The molecule has 0 aliphatic heterocycles. The lowest BCUT2D eigenvalue weighted by molar-refractivity contribution is -0.166. The molecule has 0 radical (unpaired) electrons. The lowest BCUT2D eigenvalue weighted by Gasteiger charge is -2.18. The van der Waals surface area contributed by atoms with E-state index in [0.29, 0.717) is 19.3 Å². The molecule has 0 spiro atoms. The molecule has 1 atom stereocenters. The summed E-state index contributed by atoms with van der Waals surface area (Å²) < 4.78 is 16.7. The van der Waals surface area contributed by atoms with E-state index in [9.17, 15) is 14.4 Å². The lowest BCUT2D eigenvalue weighted by atomic mass is 10.0. The molecule has 0 bridgehead atoms. The molecule has 0 rings (SSSR count). The summed E-state index contributed by atoms with van der Waals surface area (Å²) in [5.74, 6) is -0.985. The van der Waals surface area contributed by atoms with Crippen LogP contribution < -0.4 is 0 Å². The van der Waals surface area contributed by atoms with E-state index in [1.54, 1.807) is 0 Å². The highest BCUT2D eigenvalue weighted by Crippen LogP contribution is 2.15. The van der Waals surface area contributed by atoms with E-state index >= 15 is 0 Å². The Hall–Kier alpha value is -2.89. The molecule has 0 heterocycles. The zero-order chi connectivity index (χ0) is 44.4. The molecule has 0 aromatic rings. The molecule has 0 aliphatic carbocycles. The van der Waals surface area contributed by atoms with Crippen LogP contribution in [0.25, 0.3) is 0 Å². The number of hydrogen-bond acceptors (Lipinski definition) is 6. The third-order valence-corrected chi connectivity index (χ3v) is 11.0. The summed E-state index contributed by atoms with van der Waals surface area (Å²) in [5.41, 5.74) is 0. The van der Waals surface area contributed by atoms with Crippen LogP contribution in [0.15, 0.2) is 60.8 Å². The summed E-state index contributed by atoms with van der Waals surface area (Å²) in [6.07, 6.45) is 60.7. The van der Waals surface area contributed by atoms with Gasteiger partial charge in [0.15, 0.2) is 6.10 Å². The second kappa shape index (κ2) is 49.8. The molecule has 0 N–H and O–H groups in total. The molecule has 6 nitrogen and oxygen atoms in total. The Labute approximate surface area is 377 Å². The van der Waals surface area contributed by atoms with E-state index < -0.39 is 6.10 Å². The van der Waals surface area contributed by atoms with Crippen molar-refractivity contribution in [1.82, 2.24) is 0 Å². The summed E-state index contributed by atoms with van der Waals surface area (Å²) >= 11 is 0. The van der Waals surface area contributed by atoms with Crippen molar-refractivity contribution in [3.05, 3.63) is 60.8 Å². The van der Waals surface area contributed by atoms with Crippen LogP contribution in [-0.2, 0) is 28.6 Å². The summed E-state index contributed by atoms with van der Waals surface area (Å²) in [6, 6.07) is 0. The minimum absolute atomic E-state index is 0.0986. The van der Waals surface area contributed by atoms with E-state index in [4.69, 9.17) is 14.2 Å². The molecule has 1 unspecified atom stereocenters. The molecule has 61 heavy (non-hydrogen) atoms. The molecular weight excluding hydrogens is 757 g/mol. The first-order valence-corrected chi connectivity index (χ1v) is 25.8. The van der Waals surface area contributed by atoms with Crippen molar-refractivity contribution in [3.63, 3.8) is 0 Å². The Kier molecular flexibility index (Phi) is 47.4. The molecule has 0 aromatic heterocycles. The number of allylic oxidation sites excluding steroid dienone is 10. The first kappa shape index (κ1) is 58.1. The summed E-state index contributed by atoms with van der Waals surface area (Å²) in [7, 11) is 0. The van der Waals surface area contributed by atoms with Gasteiger partial charge in [-0.3, -0.25) is 14.4 Å². The first-order chi connectivity index (χ1) is 30.0. The van der Waals surface area contributed by atoms with Gasteiger partial charge in [0.1, 0.15) is 13.2 Å². The van der Waals surface area contributed by atoms with Crippen LogP contribution in [0.3, 0.4) is 0 Å². The molecule has 0 amide bonds. The first-order valence-electron chi connectivity index (χ1n) is 25.8. The van der Waals surface area contributed by atoms with Crippen LogP contribution in [0.2, 0.25) is 0 Å². The molecule has 0 saturated carbocycles. The lowest BCUT2D eigenvalue weighted by Crippen LogP contribution is -2.30. The fourth-order valence-electron chi connectivity index (χ4n) is 7.16. The minimum Gasteiger partial charge on any atom is -0.462 e. The highest BCUT2D eigenvalue weighted by molar-refractivity contribution is 5.71. The topological polar surface area (TPSA) is 78.9 Å². The number of unbranched alkanes of at least 4 members (excludes halogenated alkanes) is 25. The Morgan fingerprint density at radius 1 is 0.344 bits per heavy atom. The van der Waals surface area contributed by atoms with E-state index in [1.807, 2.05) is 6.08 Å². The van der Waals surface area contributed by atoms with Crippen molar-refractivity contribution in [2.24, 2.45) is 0 Å². The van der Waals surface area contributed by atoms with Crippen molar-refractivity contribution < 1.29 is 28.6 Å². The Bertz CT molecular complexity index is 1120. The van der Waals surface area contributed by atoms with Crippen LogP contribution in [0, 0.1) is 0 Å². The van der Waals surface area contributed by atoms with Gasteiger partial charge in [-0.05, 0) is 70.6 Å². The fourth-order valence-corrected chi connectivity index (χ4v) is 7.16. The van der Waals surface area contributed by atoms with Crippen LogP contribution in [-0.4, -0.2) is 37.2 Å². The van der Waals surface area contributed by atoms with Gasteiger partial charge in [0.25, 0.3) is 0 Å². The number of ether oxygens (including phenoxy) is 3. The maximum absolute atomic E-state index is 12.8. The predicted molar refractivity (Wildman–Crippen MR) is 261 cm³/mol. The number of rotatable bonds is 46. The molecule has 0 saturated heterocycles. The largest absolute Gasteiger partial charge is 0.462 e. The maximum Gasteiger partial charge on any atom is 0.306 e. The van der Waals surface area contributed by atoms with Gasteiger partial charge in [-0.15, -0.1) is 0 Å². The average Bonchev–Trinajstić information content (AvgIpc) is 3.26. The van der Waals surface area contributed by atoms with Gasteiger partial charge in [-0.1, -0.05) is 223 Å². The highest BCUT2D eigenvalue weighted by Gasteiger charge is 2.19. The van der Waals surface area contributed by atoms with Crippen LogP contribution >= 0.6 is 0 Å². The van der Waals surface area contributed by atoms with E-state index in [1.165, 1.54) is 135 Å². The summed E-state index contributed by atoms with van der Waals surface area (Å²) in [5, 5.41) is 0. The number of hydrogen-bond donors (Lipinski definition) is 0. The van der Waals surface area contributed by atoms with Crippen molar-refractivity contribution in [3.8, 4) is 0 Å². The Morgan fingerprint density at radius 3 is 1.10 bits per heavy atom. The maximum atomic E-state index is 12.8. The van der Waals surface area contributed by atoms with Gasteiger partial charge in [0, 0.05) is 19.3 Å². The second-order valence-electron chi connectivity index (χ2n) is 17.1. The third kappa shape index (κ3) is 48.0. The average molecular weight is 853 g/mol. The third-order valence-electron chi connectivity index (χ3n) is 11.0. The molecule has 0 aliphatic rings. The van der Waals surface area contributed by atoms with E-state index in [0.717, 1.165) is 70.6 Å². The minimum atomic E-state index is -0.803. The number of carbonyl (C=O) groups excluding carboxylic acids is 3. The van der Waals surface area contributed by atoms with E-state index in [2.05, 4.69) is 75.5 Å². The quantitative estimate of drug-likeness (QED) is 0.0263. The molecule has 352 valence electrons. The van der Waals surface area contributed by atoms with Crippen molar-refractivity contribution in [2.75, 3.05) is 13.2 Å². The van der Waals surface area contributed by atoms with Gasteiger partial charge < -0.3 is 14.2 Å². The van der Waals surface area contributed by atoms with Crippen LogP contribution in [0.5, 0.6) is 0 Å². The highest BCUT2D eigenvalue weighted by atomic mass is 16.6. The zero-order valence-corrected chi connectivity index (χ0v) is 40.2. The number of carbonyl (C=O) groups is 3. The Morgan fingerprint density at radius 2 is 0.672 bits per heavy atom. The van der Waals surface area contributed by atoms with Gasteiger partial charge >= 0.3 is 17.9 Å². The standard InChI is InChI=1S/C55H96O6/c1-4-7-10-13-16-19-22-25-27-28-31-33-36-39-42-45-48-54(57)60-51-52(50-59-53(56)47-44-41-38-35-32-29-24-21-18-15-12-9-6-3)61-55(58)49-46-43-40-37-34-30-26-23-20-17-14-11-8-5-2/h9,12,18,21,27-29,32,38,41,52H,4-8,10-11,13-17,19-20,22-26,30-31,33-37,39-40,42-51H2,1-3H3/b12-9-,21-18-,28-27-,32-29-,41-38-. The van der Waals surface area contributed by atoms with Crippen molar-refractivity contribution in [1.29, 1.82) is 0 Å². The normalized spacial score (nSPS) is 12.5. The number of esters is 3.